The Morgan fingerprint density at radius 2 is 2.31 bits per heavy atom. The summed E-state index contributed by atoms with van der Waals surface area (Å²) in [5.41, 5.74) is 1.04. The lowest BCUT2D eigenvalue weighted by atomic mass is 10.3. The van der Waals surface area contributed by atoms with E-state index in [4.69, 9.17) is 4.74 Å². The number of nitrogens with zero attached hydrogens (tertiary/aromatic N) is 2. The van der Waals surface area contributed by atoms with E-state index in [1.165, 1.54) is 0 Å². The van der Waals surface area contributed by atoms with Crippen LogP contribution in [0, 0.1) is 0 Å². The lowest BCUT2D eigenvalue weighted by Crippen LogP contribution is -2.06. The highest BCUT2D eigenvalue weighted by atomic mass is 16.5. The van der Waals surface area contributed by atoms with Gasteiger partial charge in [-0.05, 0) is 39.9 Å². The SMILES string of the molecule is CNCC/C=C/c1c(OC)cnn1C(C)C. The van der Waals surface area contributed by atoms with Gasteiger partial charge in [0.25, 0.3) is 0 Å². The van der Waals surface area contributed by atoms with Gasteiger partial charge < -0.3 is 10.1 Å². The first-order valence-electron chi connectivity index (χ1n) is 5.63. The number of aromatic nitrogens is 2. The predicted molar refractivity (Wildman–Crippen MR) is 66.7 cm³/mol. The van der Waals surface area contributed by atoms with E-state index in [-0.39, 0.29) is 0 Å². The van der Waals surface area contributed by atoms with Crippen LogP contribution in [0.15, 0.2) is 12.3 Å². The van der Waals surface area contributed by atoms with Crippen molar-refractivity contribution in [1.29, 1.82) is 0 Å². The van der Waals surface area contributed by atoms with E-state index in [0.717, 1.165) is 24.4 Å². The zero-order valence-electron chi connectivity index (χ0n) is 10.5. The van der Waals surface area contributed by atoms with Crippen molar-refractivity contribution in [2.75, 3.05) is 20.7 Å². The highest BCUT2D eigenvalue weighted by Gasteiger charge is 2.10. The Morgan fingerprint density at radius 1 is 1.56 bits per heavy atom. The van der Waals surface area contributed by atoms with Crippen molar-refractivity contribution in [3.8, 4) is 5.75 Å². The van der Waals surface area contributed by atoms with Gasteiger partial charge in [-0.15, -0.1) is 0 Å². The zero-order valence-corrected chi connectivity index (χ0v) is 10.5. The largest absolute Gasteiger partial charge is 0.493 e. The molecule has 1 N–H and O–H groups in total. The smallest absolute Gasteiger partial charge is 0.164 e. The highest BCUT2D eigenvalue weighted by molar-refractivity contribution is 5.53. The highest BCUT2D eigenvalue weighted by Crippen LogP contribution is 2.22. The monoisotopic (exact) mass is 223 g/mol. The molecular weight excluding hydrogens is 202 g/mol. The molecule has 1 heterocycles. The third-order valence-corrected chi connectivity index (χ3v) is 2.34. The second kappa shape index (κ2) is 6.33. The first-order chi connectivity index (χ1) is 7.70. The minimum absolute atomic E-state index is 0.341. The van der Waals surface area contributed by atoms with E-state index in [2.05, 4.69) is 36.4 Å². The molecule has 0 saturated carbocycles. The average molecular weight is 223 g/mol. The van der Waals surface area contributed by atoms with Crippen LogP contribution in [0.1, 0.15) is 32.0 Å². The van der Waals surface area contributed by atoms with E-state index in [1.807, 2.05) is 11.7 Å². The molecule has 1 aromatic rings. The number of ether oxygens (including phenoxy) is 1. The molecule has 0 saturated heterocycles. The Bertz CT molecular complexity index is 342. The Balaban J connectivity index is 2.82. The number of hydrogen-bond acceptors (Lipinski definition) is 3. The summed E-state index contributed by atoms with van der Waals surface area (Å²) in [4.78, 5) is 0. The molecule has 1 rings (SSSR count). The molecule has 0 aliphatic rings. The molecule has 0 bridgehead atoms. The fourth-order valence-corrected chi connectivity index (χ4v) is 1.51. The molecule has 0 unspecified atom stereocenters. The normalized spacial score (nSPS) is 11.6. The number of nitrogens with one attached hydrogen (secondary N) is 1. The summed E-state index contributed by atoms with van der Waals surface area (Å²) in [5, 5.41) is 7.42. The first kappa shape index (κ1) is 12.8. The zero-order chi connectivity index (χ0) is 12.0. The van der Waals surface area contributed by atoms with Crippen LogP contribution >= 0.6 is 0 Å². The summed E-state index contributed by atoms with van der Waals surface area (Å²) in [7, 11) is 3.62. The van der Waals surface area contributed by atoms with Gasteiger partial charge in [0.1, 0.15) is 5.69 Å². The van der Waals surface area contributed by atoms with Crippen molar-refractivity contribution in [2.24, 2.45) is 0 Å². The lowest BCUT2D eigenvalue weighted by Gasteiger charge is -2.08. The molecule has 1 aromatic heterocycles. The van der Waals surface area contributed by atoms with Crippen molar-refractivity contribution < 1.29 is 4.74 Å². The molecule has 0 aliphatic carbocycles. The topological polar surface area (TPSA) is 39.1 Å². The van der Waals surface area contributed by atoms with E-state index in [0.29, 0.717) is 6.04 Å². The maximum Gasteiger partial charge on any atom is 0.164 e. The average Bonchev–Trinajstić information content (AvgIpc) is 2.67. The van der Waals surface area contributed by atoms with Crippen molar-refractivity contribution in [3.63, 3.8) is 0 Å². The maximum atomic E-state index is 5.28. The fraction of sp³-hybridized carbons (Fsp3) is 0.583. The van der Waals surface area contributed by atoms with Crippen LogP contribution in [0.2, 0.25) is 0 Å². The van der Waals surface area contributed by atoms with Crippen molar-refractivity contribution >= 4 is 6.08 Å². The van der Waals surface area contributed by atoms with Gasteiger partial charge in [-0.2, -0.15) is 5.10 Å². The summed E-state index contributed by atoms with van der Waals surface area (Å²) < 4.78 is 7.25. The van der Waals surface area contributed by atoms with E-state index < -0.39 is 0 Å². The molecule has 0 amide bonds. The van der Waals surface area contributed by atoms with Gasteiger partial charge in [0.15, 0.2) is 5.75 Å². The van der Waals surface area contributed by atoms with Crippen LogP contribution in [-0.4, -0.2) is 30.5 Å². The lowest BCUT2D eigenvalue weighted by molar-refractivity contribution is 0.411. The quantitative estimate of drug-likeness (QED) is 0.751. The number of rotatable bonds is 6. The molecular formula is C12H21N3O. The third-order valence-electron chi connectivity index (χ3n) is 2.34. The molecule has 0 aromatic carbocycles. The molecule has 4 heteroatoms. The first-order valence-corrected chi connectivity index (χ1v) is 5.63. The summed E-state index contributed by atoms with van der Waals surface area (Å²) in [6.45, 7) is 5.20. The maximum absolute atomic E-state index is 5.28. The molecule has 0 spiro atoms. The Hall–Kier alpha value is -1.29. The molecule has 90 valence electrons. The Kier molecular flexibility index (Phi) is 5.05. The van der Waals surface area contributed by atoms with E-state index >= 15 is 0 Å². The van der Waals surface area contributed by atoms with E-state index in [1.54, 1.807) is 13.3 Å². The summed E-state index contributed by atoms with van der Waals surface area (Å²) in [6.07, 6.45) is 6.97. The van der Waals surface area contributed by atoms with Gasteiger partial charge in [-0.25, -0.2) is 0 Å². The van der Waals surface area contributed by atoms with Gasteiger partial charge in [0.2, 0.25) is 0 Å². The molecule has 0 aliphatic heterocycles. The third kappa shape index (κ3) is 3.10. The van der Waals surface area contributed by atoms with Crippen molar-refractivity contribution in [3.05, 3.63) is 18.0 Å². The number of hydrogen-bond donors (Lipinski definition) is 1. The summed E-state index contributed by atoms with van der Waals surface area (Å²) in [5.74, 6) is 0.828. The summed E-state index contributed by atoms with van der Waals surface area (Å²) >= 11 is 0. The Morgan fingerprint density at radius 3 is 2.88 bits per heavy atom. The number of methoxy groups -OCH3 is 1. The second-order valence-corrected chi connectivity index (χ2v) is 3.93. The molecule has 0 atom stereocenters. The molecule has 0 radical (unpaired) electrons. The van der Waals surface area contributed by atoms with Gasteiger partial charge in [0.05, 0.1) is 13.3 Å². The van der Waals surface area contributed by atoms with Gasteiger partial charge in [-0.3, -0.25) is 4.68 Å². The Labute approximate surface area is 97.3 Å². The van der Waals surface area contributed by atoms with Gasteiger partial charge >= 0.3 is 0 Å². The molecule has 4 nitrogen and oxygen atoms in total. The van der Waals surface area contributed by atoms with Crippen LogP contribution in [0.4, 0.5) is 0 Å². The molecule has 0 fully saturated rings. The van der Waals surface area contributed by atoms with E-state index in [9.17, 15) is 0 Å². The predicted octanol–water partition coefficient (Wildman–Crippen LogP) is 2.10. The van der Waals surface area contributed by atoms with Crippen LogP contribution in [0.5, 0.6) is 5.75 Å². The van der Waals surface area contributed by atoms with Crippen LogP contribution < -0.4 is 10.1 Å². The second-order valence-electron chi connectivity index (χ2n) is 3.93. The van der Waals surface area contributed by atoms with Crippen LogP contribution in [0.3, 0.4) is 0 Å². The summed E-state index contributed by atoms with van der Waals surface area (Å²) in [6, 6.07) is 0.341. The minimum atomic E-state index is 0.341. The van der Waals surface area contributed by atoms with Gasteiger partial charge in [0, 0.05) is 6.04 Å². The van der Waals surface area contributed by atoms with Crippen molar-refractivity contribution in [1.82, 2.24) is 15.1 Å². The van der Waals surface area contributed by atoms with Crippen LogP contribution in [-0.2, 0) is 0 Å². The fourth-order valence-electron chi connectivity index (χ4n) is 1.51. The molecule has 16 heavy (non-hydrogen) atoms. The minimum Gasteiger partial charge on any atom is -0.493 e. The standard InChI is InChI=1S/C12H21N3O/c1-10(2)15-11(7-5-6-8-13-3)12(16-4)9-14-15/h5,7,9-10,13H,6,8H2,1-4H3/b7-5+. The van der Waals surface area contributed by atoms with Crippen LogP contribution in [0.25, 0.3) is 6.08 Å². The van der Waals surface area contributed by atoms with Crippen molar-refractivity contribution in [2.45, 2.75) is 26.3 Å². The van der Waals surface area contributed by atoms with Gasteiger partial charge in [-0.1, -0.05) is 6.08 Å².